The van der Waals surface area contributed by atoms with Gasteiger partial charge in [-0.05, 0) is 57.4 Å². The SMILES string of the molecule is CC(Nc1nc(NC(C)C2CC2)nc(-c2cncc(Cl)c2)n1)C1CC1. The second-order valence-corrected chi connectivity index (χ2v) is 7.68. The van der Waals surface area contributed by atoms with Crippen LogP contribution in [-0.4, -0.2) is 32.0 Å². The minimum Gasteiger partial charge on any atom is -0.351 e. The van der Waals surface area contributed by atoms with Crippen LogP contribution in [0.3, 0.4) is 0 Å². The summed E-state index contributed by atoms with van der Waals surface area (Å²) < 4.78 is 0. The van der Waals surface area contributed by atoms with Gasteiger partial charge in [-0.2, -0.15) is 15.0 Å². The molecule has 0 aliphatic heterocycles. The van der Waals surface area contributed by atoms with E-state index < -0.39 is 0 Å². The van der Waals surface area contributed by atoms with Gasteiger partial charge in [0.2, 0.25) is 11.9 Å². The maximum atomic E-state index is 6.08. The van der Waals surface area contributed by atoms with Crippen LogP contribution in [0.25, 0.3) is 11.4 Å². The van der Waals surface area contributed by atoms with E-state index in [2.05, 4.69) is 44.4 Å². The summed E-state index contributed by atoms with van der Waals surface area (Å²) in [6.07, 6.45) is 8.42. The molecule has 0 aromatic carbocycles. The number of halogens is 1. The van der Waals surface area contributed by atoms with Gasteiger partial charge >= 0.3 is 0 Å². The Bertz CT molecular complexity index is 721. The highest BCUT2D eigenvalue weighted by Gasteiger charge is 2.30. The summed E-state index contributed by atoms with van der Waals surface area (Å²) in [6.45, 7) is 4.37. The first-order valence-electron chi connectivity index (χ1n) is 8.98. The first-order chi connectivity index (χ1) is 12.1. The monoisotopic (exact) mass is 358 g/mol. The molecule has 0 spiro atoms. The molecular formula is C18H23ClN6. The fraction of sp³-hybridized carbons (Fsp3) is 0.556. The van der Waals surface area contributed by atoms with Crippen LogP contribution in [0.4, 0.5) is 11.9 Å². The van der Waals surface area contributed by atoms with Crippen LogP contribution >= 0.6 is 11.6 Å². The lowest BCUT2D eigenvalue weighted by Crippen LogP contribution is -2.23. The lowest BCUT2D eigenvalue weighted by Gasteiger charge is -2.17. The number of hydrogen-bond donors (Lipinski definition) is 2. The number of hydrogen-bond acceptors (Lipinski definition) is 6. The van der Waals surface area contributed by atoms with Gasteiger partial charge in [0.15, 0.2) is 5.82 Å². The van der Waals surface area contributed by atoms with Crippen molar-refractivity contribution in [1.82, 2.24) is 19.9 Å². The van der Waals surface area contributed by atoms with E-state index in [0.717, 1.165) is 17.4 Å². The number of nitrogens with zero attached hydrogens (tertiary/aromatic N) is 4. The summed E-state index contributed by atoms with van der Waals surface area (Å²) in [5, 5.41) is 7.43. The predicted octanol–water partition coefficient (Wildman–Crippen LogP) is 4.01. The second kappa shape index (κ2) is 6.75. The molecule has 2 atom stereocenters. The van der Waals surface area contributed by atoms with E-state index in [1.165, 1.54) is 25.7 Å². The van der Waals surface area contributed by atoms with E-state index in [1.807, 2.05) is 6.07 Å². The maximum Gasteiger partial charge on any atom is 0.228 e. The largest absolute Gasteiger partial charge is 0.351 e. The molecule has 2 fully saturated rings. The third kappa shape index (κ3) is 4.18. The highest BCUT2D eigenvalue weighted by atomic mass is 35.5. The molecule has 7 heteroatoms. The van der Waals surface area contributed by atoms with Crippen LogP contribution in [0.5, 0.6) is 0 Å². The maximum absolute atomic E-state index is 6.08. The summed E-state index contributed by atoms with van der Waals surface area (Å²) in [6, 6.07) is 2.55. The van der Waals surface area contributed by atoms with Crippen molar-refractivity contribution in [2.75, 3.05) is 10.6 Å². The molecular weight excluding hydrogens is 336 g/mol. The number of rotatable bonds is 7. The van der Waals surface area contributed by atoms with Gasteiger partial charge in [0.25, 0.3) is 0 Å². The third-order valence-electron chi connectivity index (χ3n) is 4.97. The smallest absolute Gasteiger partial charge is 0.228 e. The zero-order chi connectivity index (χ0) is 17.4. The van der Waals surface area contributed by atoms with Crippen molar-refractivity contribution >= 4 is 23.5 Å². The molecule has 4 rings (SSSR count). The molecule has 2 aromatic rings. The Morgan fingerprint density at radius 3 is 1.96 bits per heavy atom. The molecule has 6 nitrogen and oxygen atoms in total. The zero-order valence-electron chi connectivity index (χ0n) is 14.5. The highest BCUT2D eigenvalue weighted by Crippen LogP contribution is 2.35. The average Bonchev–Trinajstić information content (AvgIpc) is 3.48. The van der Waals surface area contributed by atoms with Crippen LogP contribution < -0.4 is 10.6 Å². The molecule has 2 aromatic heterocycles. The summed E-state index contributed by atoms with van der Waals surface area (Å²) in [7, 11) is 0. The molecule has 0 radical (unpaired) electrons. The normalized spacial score (nSPS) is 19.3. The highest BCUT2D eigenvalue weighted by molar-refractivity contribution is 6.30. The van der Waals surface area contributed by atoms with Crippen molar-refractivity contribution in [1.29, 1.82) is 0 Å². The van der Waals surface area contributed by atoms with Crippen LogP contribution in [0.15, 0.2) is 18.5 Å². The Morgan fingerprint density at radius 2 is 1.48 bits per heavy atom. The molecule has 2 saturated carbocycles. The summed E-state index contributed by atoms with van der Waals surface area (Å²) in [5.74, 6) is 3.23. The minimum absolute atomic E-state index is 0.362. The number of pyridine rings is 1. The molecule has 2 aliphatic rings. The van der Waals surface area contributed by atoms with E-state index in [1.54, 1.807) is 12.4 Å². The van der Waals surface area contributed by atoms with Gasteiger partial charge < -0.3 is 10.6 Å². The van der Waals surface area contributed by atoms with Gasteiger partial charge in [-0.25, -0.2) is 0 Å². The van der Waals surface area contributed by atoms with Crippen LogP contribution in [0.2, 0.25) is 5.02 Å². The number of anilines is 2. The van der Waals surface area contributed by atoms with Crippen LogP contribution in [-0.2, 0) is 0 Å². The van der Waals surface area contributed by atoms with E-state index in [-0.39, 0.29) is 0 Å². The number of aromatic nitrogens is 4. The second-order valence-electron chi connectivity index (χ2n) is 7.24. The standard InChI is InChI=1S/C18H23ClN6/c1-10(12-3-4-12)21-17-23-16(14-7-15(19)9-20-8-14)24-18(25-17)22-11(2)13-5-6-13/h7-13H,3-6H2,1-2H3,(H2,21,22,23,24,25). The van der Waals surface area contributed by atoms with E-state index in [4.69, 9.17) is 11.6 Å². The lowest BCUT2D eigenvalue weighted by atomic mass is 10.2. The fourth-order valence-electron chi connectivity index (χ4n) is 3.00. The van der Waals surface area contributed by atoms with E-state index in [0.29, 0.717) is 34.8 Å². The van der Waals surface area contributed by atoms with Gasteiger partial charge in [0.1, 0.15) is 0 Å². The molecule has 2 unspecified atom stereocenters. The zero-order valence-corrected chi connectivity index (χ0v) is 15.3. The molecule has 0 saturated heterocycles. The van der Waals surface area contributed by atoms with Gasteiger partial charge in [0, 0.05) is 30.0 Å². The Balaban J connectivity index is 1.63. The fourth-order valence-corrected chi connectivity index (χ4v) is 3.18. The van der Waals surface area contributed by atoms with E-state index in [9.17, 15) is 0 Å². The summed E-state index contributed by atoms with van der Waals surface area (Å²) in [5.41, 5.74) is 0.791. The Kier molecular flexibility index (Phi) is 4.46. The number of nitrogens with one attached hydrogen (secondary N) is 2. The van der Waals surface area contributed by atoms with Crippen molar-refractivity contribution in [3.8, 4) is 11.4 Å². The molecule has 132 valence electrons. The van der Waals surface area contributed by atoms with Gasteiger partial charge in [-0.3, -0.25) is 4.98 Å². The van der Waals surface area contributed by atoms with Crippen molar-refractivity contribution in [2.45, 2.75) is 51.6 Å². The van der Waals surface area contributed by atoms with Crippen molar-refractivity contribution < 1.29 is 0 Å². The molecule has 0 amide bonds. The predicted molar refractivity (Wildman–Crippen MR) is 99.7 cm³/mol. The summed E-state index contributed by atoms with van der Waals surface area (Å²) >= 11 is 6.08. The quantitative estimate of drug-likeness (QED) is 0.778. The van der Waals surface area contributed by atoms with Crippen molar-refractivity contribution in [3.63, 3.8) is 0 Å². The van der Waals surface area contributed by atoms with Gasteiger partial charge in [0.05, 0.1) is 5.02 Å². The molecule has 2 aliphatic carbocycles. The Labute approximate surface area is 152 Å². The first-order valence-corrected chi connectivity index (χ1v) is 9.36. The third-order valence-corrected chi connectivity index (χ3v) is 5.18. The van der Waals surface area contributed by atoms with Crippen LogP contribution in [0.1, 0.15) is 39.5 Å². The molecule has 2 heterocycles. The Hall–Kier alpha value is -1.95. The Morgan fingerprint density at radius 1 is 0.920 bits per heavy atom. The molecule has 2 N–H and O–H groups in total. The van der Waals surface area contributed by atoms with Gasteiger partial charge in [-0.15, -0.1) is 0 Å². The topological polar surface area (TPSA) is 75.6 Å². The van der Waals surface area contributed by atoms with Crippen molar-refractivity contribution in [3.05, 3.63) is 23.5 Å². The van der Waals surface area contributed by atoms with E-state index >= 15 is 0 Å². The molecule has 25 heavy (non-hydrogen) atoms. The first kappa shape index (κ1) is 16.5. The minimum atomic E-state index is 0.362. The lowest BCUT2D eigenvalue weighted by molar-refractivity contribution is 0.676. The average molecular weight is 359 g/mol. The van der Waals surface area contributed by atoms with Crippen molar-refractivity contribution in [2.24, 2.45) is 11.8 Å². The molecule has 0 bridgehead atoms. The summed E-state index contributed by atoms with van der Waals surface area (Å²) in [4.78, 5) is 17.9. The van der Waals surface area contributed by atoms with Crippen LogP contribution in [0, 0.1) is 11.8 Å². The van der Waals surface area contributed by atoms with Gasteiger partial charge in [-0.1, -0.05) is 11.6 Å².